The molecule has 1 aliphatic rings. The van der Waals surface area contributed by atoms with E-state index in [9.17, 15) is 0 Å². The molecule has 25 heavy (non-hydrogen) atoms. The van der Waals surface area contributed by atoms with Crippen molar-refractivity contribution in [2.75, 3.05) is 6.61 Å². The summed E-state index contributed by atoms with van der Waals surface area (Å²) in [7, 11) is 0. The van der Waals surface area contributed by atoms with E-state index in [0.29, 0.717) is 0 Å². The summed E-state index contributed by atoms with van der Waals surface area (Å²) >= 11 is 3.45. The SMILES string of the molecule is Cc1cccc(CSc2nnc(-c3cccs3)n2CC2CCCO2)c1. The van der Waals surface area contributed by atoms with Crippen molar-refractivity contribution in [1.29, 1.82) is 0 Å². The summed E-state index contributed by atoms with van der Waals surface area (Å²) in [6.45, 7) is 3.83. The third-order valence-electron chi connectivity index (χ3n) is 4.32. The Labute approximate surface area is 156 Å². The number of aromatic nitrogens is 3. The van der Waals surface area contributed by atoms with Gasteiger partial charge in [-0.25, -0.2) is 0 Å². The third-order valence-corrected chi connectivity index (χ3v) is 6.22. The minimum absolute atomic E-state index is 0.271. The first-order valence-corrected chi connectivity index (χ1v) is 10.4. The van der Waals surface area contributed by atoms with Crippen LogP contribution in [0.5, 0.6) is 0 Å². The second kappa shape index (κ2) is 7.72. The van der Waals surface area contributed by atoms with Crippen LogP contribution < -0.4 is 0 Å². The number of benzene rings is 1. The highest BCUT2D eigenvalue weighted by atomic mass is 32.2. The van der Waals surface area contributed by atoms with Gasteiger partial charge in [0.1, 0.15) is 0 Å². The highest BCUT2D eigenvalue weighted by Gasteiger charge is 2.22. The Morgan fingerprint density at radius 3 is 3.00 bits per heavy atom. The Kier molecular flexibility index (Phi) is 5.20. The van der Waals surface area contributed by atoms with Crippen LogP contribution in [0.4, 0.5) is 0 Å². The molecule has 0 radical (unpaired) electrons. The summed E-state index contributed by atoms with van der Waals surface area (Å²) in [6, 6.07) is 12.8. The van der Waals surface area contributed by atoms with E-state index in [1.54, 1.807) is 23.1 Å². The molecule has 0 spiro atoms. The zero-order chi connectivity index (χ0) is 17.1. The molecule has 1 saturated heterocycles. The van der Waals surface area contributed by atoms with E-state index in [1.165, 1.54) is 11.1 Å². The highest BCUT2D eigenvalue weighted by Crippen LogP contribution is 2.30. The van der Waals surface area contributed by atoms with Crippen LogP contribution in [0, 0.1) is 6.92 Å². The maximum absolute atomic E-state index is 5.85. The quantitative estimate of drug-likeness (QED) is 0.584. The number of thiophene rings is 1. The van der Waals surface area contributed by atoms with E-state index in [4.69, 9.17) is 4.74 Å². The van der Waals surface area contributed by atoms with Crippen LogP contribution in [-0.4, -0.2) is 27.5 Å². The molecule has 1 fully saturated rings. The molecule has 0 aliphatic carbocycles. The number of rotatable bonds is 6. The molecular formula is C19H21N3OS2. The second-order valence-electron chi connectivity index (χ2n) is 6.31. The normalized spacial score (nSPS) is 17.2. The summed E-state index contributed by atoms with van der Waals surface area (Å²) in [5.74, 6) is 1.85. The topological polar surface area (TPSA) is 39.9 Å². The molecule has 0 bridgehead atoms. The van der Waals surface area contributed by atoms with Gasteiger partial charge in [0.25, 0.3) is 0 Å². The van der Waals surface area contributed by atoms with Crippen molar-refractivity contribution in [3.63, 3.8) is 0 Å². The van der Waals surface area contributed by atoms with Gasteiger partial charge in [0.05, 0.1) is 17.5 Å². The zero-order valence-electron chi connectivity index (χ0n) is 14.2. The molecule has 6 heteroatoms. The molecule has 130 valence electrons. The summed E-state index contributed by atoms with van der Waals surface area (Å²) in [5.41, 5.74) is 2.60. The van der Waals surface area contributed by atoms with Crippen LogP contribution in [0.25, 0.3) is 10.7 Å². The summed E-state index contributed by atoms with van der Waals surface area (Å²) in [5, 5.41) is 12.0. The lowest BCUT2D eigenvalue weighted by Gasteiger charge is -2.14. The van der Waals surface area contributed by atoms with Gasteiger partial charge in [-0.2, -0.15) is 0 Å². The number of hydrogen-bond donors (Lipinski definition) is 0. The standard InChI is InChI=1S/C19H21N3OS2/c1-14-5-2-6-15(11-14)13-25-19-21-20-18(17-8-4-10-24-17)22(19)12-16-7-3-9-23-16/h2,4-6,8,10-11,16H,3,7,9,12-13H2,1H3. The Bertz CT molecular complexity index is 823. The molecule has 0 N–H and O–H groups in total. The van der Waals surface area contributed by atoms with Crippen molar-refractivity contribution >= 4 is 23.1 Å². The molecule has 0 amide bonds. The first-order chi connectivity index (χ1) is 12.3. The van der Waals surface area contributed by atoms with Crippen molar-refractivity contribution in [3.05, 3.63) is 52.9 Å². The fourth-order valence-corrected chi connectivity index (χ4v) is 4.70. The van der Waals surface area contributed by atoms with Gasteiger partial charge in [-0.1, -0.05) is 47.7 Å². The molecule has 1 unspecified atom stereocenters. The van der Waals surface area contributed by atoms with Crippen LogP contribution >= 0.6 is 23.1 Å². The number of ether oxygens (including phenoxy) is 1. The van der Waals surface area contributed by atoms with Crippen LogP contribution in [0.15, 0.2) is 46.9 Å². The first kappa shape index (κ1) is 16.8. The lowest BCUT2D eigenvalue weighted by Crippen LogP contribution is -2.16. The van der Waals surface area contributed by atoms with E-state index in [-0.39, 0.29) is 6.10 Å². The third kappa shape index (κ3) is 3.97. The molecule has 1 aliphatic heterocycles. The molecule has 4 nitrogen and oxygen atoms in total. The predicted octanol–water partition coefficient (Wildman–Crippen LogP) is 4.79. The van der Waals surface area contributed by atoms with Gasteiger partial charge in [0, 0.05) is 12.4 Å². The second-order valence-corrected chi connectivity index (χ2v) is 8.20. The van der Waals surface area contributed by atoms with Gasteiger partial charge in [0.15, 0.2) is 11.0 Å². The lowest BCUT2D eigenvalue weighted by atomic mass is 10.2. The maximum atomic E-state index is 5.85. The Balaban J connectivity index is 1.57. The van der Waals surface area contributed by atoms with Gasteiger partial charge < -0.3 is 4.74 Å². The Hall–Kier alpha value is -1.63. The maximum Gasteiger partial charge on any atom is 0.191 e. The zero-order valence-corrected chi connectivity index (χ0v) is 15.9. The van der Waals surface area contributed by atoms with Gasteiger partial charge >= 0.3 is 0 Å². The minimum atomic E-state index is 0.271. The predicted molar refractivity (Wildman–Crippen MR) is 103 cm³/mol. The van der Waals surface area contributed by atoms with E-state index in [0.717, 1.165) is 47.6 Å². The van der Waals surface area contributed by atoms with Crippen molar-refractivity contribution in [2.45, 2.75) is 43.3 Å². The molecule has 4 rings (SSSR count). The molecule has 0 saturated carbocycles. The monoisotopic (exact) mass is 371 g/mol. The number of aryl methyl sites for hydroxylation is 1. The largest absolute Gasteiger partial charge is 0.376 e. The van der Waals surface area contributed by atoms with E-state index in [1.807, 2.05) is 0 Å². The highest BCUT2D eigenvalue weighted by molar-refractivity contribution is 7.98. The number of hydrogen-bond acceptors (Lipinski definition) is 5. The summed E-state index contributed by atoms with van der Waals surface area (Å²) in [4.78, 5) is 1.16. The molecule has 1 atom stereocenters. The molecule has 1 aromatic carbocycles. The van der Waals surface area contributed by atoms with Crippen LogP contribution in [0.2, 0.25) is 0 Å². The van der Waals surface area contributed by atoms with Crippen molar-refractivity contribution in [3.8, 4) is 10.7 Å². The van der Waals surface area contributed by atoms with Crippen LogP contribution in [0.3, 0.4) is 0 Å². The van der Waals surface area contributed by atoms with Crippen LogP contribution in [0.1, 0.15) is 24.0 Å². The fraction of sp³-hybridized carbons (Fsp3) is 0.368. The molecular weight excluding hydrogens is 350 g/mol. The molecule has 2 aromatic heterocycles. The van der Waals surface area contributed by atoms with Gasteiger partial charge in [0.2, 0.25) is 0 Å². The Morgan fingerprint density at radius 1 is 1.28 bits per heavy atom. The molecule has 3 aromatic rings. The minimum Gasteiger partial charge on any atom is -0.376 e. The van der Waals surface area contributed by atoms with Gasteiger partial charge in [-0.05, 0) is 36.8 Å². The smallest absolute Gasteiger partial charge is 0.191 e. The summed E-state index contributed by atoms with van der Waals surface area (Å²) < 4.78 is 8.09. The van der Waals surface area contributed by atoms with Crippen LogP contribution in [-0.2, 0) is 17.0 Å². The number of nitrogens with zero attached hydrogens (tertiary/aromatic N) is 3. The van der Waals surface area contributed by atoms with E-state index >= 15 is 0 Å². The fourth-order valence-electron chi connectivity index (χ4n) is 3.09. The van der Waals surface area contributed by atoms with Crippen molar-refractivity contribution in [1.82, 2.24) is 14.8 Å². The van der Waals surface area contributed by atoms with Gasteiger partial charge in [-0.3, -0.25) is 4.57 Å². The average Bonchev–Trinajstić information content (AvgIpc) is 3.36. The van der Waals surface area contributed by atoms with E-state index < -0.39 is 0 Å². The lowest BCUT2D eigenvalue weighted by molar-refractivity contribution is 0.0953. The Morgan fingerprint density at radius 2 is 2.24 bits per heavy atom. The number of thioether (sulfide) groups is 1. The van der Waals surface area contributed by atoms with E-state index in [2.05, 4.69) is 63.5 Å². The average molecular weight is 372 g/mol. The summed E-state index contributed by atoms with van der Waals surface area (Å²) in [6.07, 6.45) is 2.53. The molecule has 3 heterocycles. The first-order valence-electron chi connectivity index (χ1n) is 8.56. The van der Waals surface area contributed by atoms with Gasteiger partial charge in [-0.15, -0.1) is 21.5 Å². The van der Waals surface area contributed by atoms with Crippen molar-refractivity contribution < 1.29 is 4.74 Å². The van der Waals surface area contributed by atoms with Crippen molar-refractivity contribution in [2.24, 2.45) is 0 Å².